The molecule has 0 bridgehead atoms. The SMILES string of the molecule is CC1(C)CC(SCc2c(OCC(F)(F)F)ccc(Cl)c2Cl)=NO1. The number of ether oxygens (including phenoxy) is 1. The standard InChI is InChI=1S/C14H14Cl2F3NO2S/c1-13(2)5-11(20-22-13)23-6-8-10(21-7-14(17,18)19)4-3-9(15)12(8)16/h3-4H,5-7H2,1-2H3. The van der Waals surface area contributed by atoms with Crippen molar-refractivity contribution in [1.82, 2.24) is 0 Å². The minimum absolute atomic E-state index is 0.0583. The molecule has 128 valence electrons. The molecule has 1 aliphatic rings. The summed E-state index contributed by atoms with van der Waals surface area (Å²) < 4.78 is 41.9. The van der Waals surface area contributed by atoms with Gasteiger partial charge in [-0.3, -0.25) is 0 Å². The summed E-state index contributed by atoms with van der Waals surface area (Å²) in [5, 5.41) is 5.13. The highest BCUT2D eigenvalue weighted by Crippen LogP contribution is 2.38. The number of benzene rings is 1. The smallest absolute Gasteiger partial charge is 0.422 e. The quantitative estimate of drug-likeness (QED) is 0.665. The molecule has 0 saturated heterocycles. The van der Waals surface area contributed by atoms with Gasteiger partial charge in [-0.25, -0.2) is 0 Å². The van der Waals surface area contributed by atoms with Gasteiger partial charge in [0.05, 0.1) is 10.0 Å². The molecular weight excluding hydrogens is 374 g/mol. The normalized spacial score (nSPS) is 16.9. The fourth-order valence-electron chi connectivity index (χ4n) is 1.84. The van der Waals surface area contributed by atoms with Crippen LogP contribution in [0.3, 0.4) is 0 Å². The van der Waals surface area contributed by atoms with Crippen molar-refractivity contribution in [3.05, 3.63) is 27.7 Å². The molecule has 1 heterocycles. The monoisotopic (exact) mass is 387 g/mol. The van der Waals surface area contributed by atoms with Crippen molar-refractivity contribution in [1.29, 1.82) is 0 Å². The molecule has 0 N–H and O–H groups in total. The topological polar surface area (TPSA) is 30.8 Å². The summed E-state index contributed by atoms with van der Waals surface area (Å²) in [6.07, 6.45) is -3.81. The maximum Gasteiger partial charge on any atom is 0.422 e. The third-order valence-electron chi connectivity index (χ3n) is 2.90. The predicted molar refractivity (Wildman–Crippen MR) is 86.5 cm³/mol. The van der Waals surface area contributed by atoms with Crippen molar-refractivity contribution in [2.24, 2.45) is 5.16 Å². The lowest BCUT2D eigenvalue weighted by molar-refractivity contribution is -0.153. The van der Waals surface area contributed by atoms with Gasteiger partial charge in [-0.2, -0.15) is 13.2 Å². The first-order valence-electron chi connectivity index (χ1n) is 6.62. The first-order chi connectivity index (χ1) is 10.6. The third-order valence-corrected chi connectivity index (χ3v) is 4.73. The minimum Gasteiger partial charge on any atom is -0.484 e. The Hall–Kier alpha value is -0.790. The Labute approximate surface area is 146 Å². The molecule has 0 amide bonds. The second-order valence-corrected chi connectivity index (χ2v) is 7.38. The van der Waals surface area contributed by atoms with Gasteiger partial charge in [0.25, 0.3) is 0 Å². The number of hydrogen-bond donors (Lipinski definition) is 0. The van der Waals surface area contributed by atoms with Crippen LogP contribution in [0.1, 0.15) is 25.8 Å². The summed E-state index contributed by atoms with van der Waals surface area (Å²) in [5.41, 5.74) is 0.0246. The summed E-state index contributed by atoms with van der Waals surface area (Å²) in [7, 11) is 0. The van der Waals surface area contributed by atoms with E-state index in [1.807, 2.05) is 13.8 Å². The van der Waals surface area contributed by atoms with Crippen molar-refractivity contribution in [2.45, 2.75) is 37.8 Å². The molecule has 23 heavy (non-hydrogen) atoms. The zero-order chi connectivity index (χ0) is 17.3. The summed E-state index contributed by atoms with van der Waals surface area (Å²) >= 11 is 13.4. The summed E-state index contributed by atoms with van der Waals surface area (Å²) in [6.45, 7) is 2.41. The van der Waals surface area contributed by atoms with Crippen LogP contribution in [0.15, 0.2) is 17.3 Å². The van der Waals surface area contributed by atoms with Gasteiger partial charge >= 0.3 is 6.18 Å². The first-order valence-corrected chi connectivity index (χ1v) is 8.36. The molecule has 0 unspecified atom stereocenters. The van der Waals surface area contributed by atoms with E-state index in [4.69, 9.17) is 32.8 Å². The Morgan fingerprint density at radius 2 is 2.04 bits per heavy atom. The molecule has 0 fully saturated rings. The second kappa shape index (κ2) is 6.99. The van der Waals surface area contributed by atoms with Crippen LogP contribution in [0.4, 0.5) is 13.2 Å². The van der Waals surface area contributed by atoms with Crippen LogP contribution in [-0.2, 0) is 10.6 Å². The van der Waals surface area contributed by atoms with E-state index < -0.39 is 12.8 Å². The maximum absolute atomic E-state index is 12.3. The highest BCUT2D eigenvalue weighted by Gasteiger charge is 2.31. The van der Waals surface area contributed by atoms with Crippen molar-refractivity contribution in [3.8, 4) is 5.75 Å². The van der Waals surface area contributed by atoms with E-state index in [0.717, 1.165) is 5.04 Å². The van der Waals surface area contributed by atoms with Crippen LogP contribution in [0.5, 0.6) is 5.75 Å². The molecule has 0 aliphatic carbocycles. The van der Waals surface area contributed by atoms with Crippen LogP contribution in [0, 0.1) is 0 Å². The van der Waals surface area contributed by atoms with Gasteiger partial charge in [0, 0.05) is 17.7 Å². The van der Waals surface area contributed by atoms with Crippen LogP contribution in [0.25, 0.3) is 0 Å². The van der Waals surface area contributed by atoms with E-state index in [9.17, 15) is 13.2 Å². The third kappa shape index (κ3) is 5.36. The lowest BCUT2D eigenvalue weighted by atomic mass is 10.1. The Balaban J connectivity index is 2.11. The Morgan fingerprint density at radius 3 is 2.61 bits per heavy atom. The molecule has 0 spiro atoms. The molecule has 0 atom stereocenters. The van der Waals surface area contributed by atoms with Crippen molar-refractivity contribution in [2.75, 3.05) is 6.61 Å². The van der Waals surface area contributed by atoms with Gasteiger partial charge in [0.15, 0.2) is 6.61 Å². The van der Waals surface area contributed by atoms with E-state index in [2.05, 4.69) is 5.16 Å². The van der Waals surface area contributed by atoms with Gasteiger partial charge in [-0.05, 0) is 26.0 Å². The second-order valence-electron chi connectivity index (χ2n) is 5.54. The Kier molecular flexibility index (Phi) is 5.63. The van der Waals surface area contributed by atoms with E-state index in [0.29, 0.717) is 12.0 Å². The van der Waals surface area contributed by atoms with Crippen molar-refractivity contribution >= 4 is 40.0 Å². The van der Waals surface area contributed by atoms with E-state index >= 15 is 0 Å². The lowest BCUT2D eigenvalue weighted by Gasteiger charge is -2.15. The Bertz CT molecular complexity index is 621. The van der Waals surface area contributed by atoms with Gasteiger partial charge in [-0.1, -0.05) is 28.4 Å². The van der Waals surface area contributed by atoms with Crippen molar-refractivity contribution in [3.63, 3.8) is 0 Å². The highest BCUT2D eigenvalue weighted by molar-refractivity contribution is 8.13. The summed E-state index contributed by atoms with van der Waals surface area (Å²) in [6, 6.07) is 2.79. The van der Waals surface area contributed by atoms with Crippen LogP contribution < -0.4 is 4.74 Å². The zero-order valence-corrected chi connectivity index (χ0v) is 14.7. The molecule has 2 rings (SSSR count). The molecule has 1 aromatic carbocycles. The molecule has 1 aliphatic heterocycles. The largest absolute Gasteiger partial charge is 0.484 e. The summed E-state index contributed by atoms with van der Waals surface area (Å²) in [5.74, 6) is 0.341. The zero-order valence-electron chi connectivity index (χ0n) is 12.3. The highest BCUT2D eigenvalue weighted by atomic mass is 35.5. The van der Waals surface area contributed by atoms with Gasteiger partial charge in [0.2, 0.25) is 0 Å². The average molecular weight is 388 g/mol. The van der Waals surface area contributed by atoms with Gasteiger partial charge in [0.1, 0.15) is 16.4 Å². The lowest BCUT2D eigenvalue weighted by Crippen LogP contribution is -2.20. The van der Waals surface area contributed by atoms with Crippen LogP contribution in [-0.4, -0.2) is 23.4 Å². The number of hydrogen-bond acceptors (Lipinski definition) is 4. The van der Waals surface area contributed by atoms with Crippen molar-refractivity contribution < 1.29 is 22.7 Å². The number of halogens is 5. The molecule has 0 saturated carbocycles. The van der Waals surface area contributed by atoms with Crippen LogP contribution >= 0.6 is 35.0 Å². The number of alkyl halides is 3. The molecule has 1 aromatic rings. The number of thioether (sulfide) groups is 1. The Morgan fingerprint density at radius 1 is 1.35 bits per heavy atom. The minimum atomic E-state index is -4.43. The van der Waals surface area contributed by atoms with E-state index in [1.54, 1.807) is 0 Å². The molecule has 0 radical (unpaired) electrons. The molecule has 9 heteroatoms. The number of nitrogens with zero attached hydrogens (tertiary/aromatic N) is 1. The average Bonchev–Trinajstić information content (AvgIpc) is 2.77. The van der Waals surface area contributed by atoms with Gasteiger partial charge < -0.3 is 9.57 Å². The van der Waals surface area contributed by atoms with E-state index in [-0.39, 0.29) is 27.1 Å². The molecular formula is C14H14Cl2F3NO2S. The number of rotatable bonds is 4. The van der Waals surface area contributed by atoms with Gasteiger partial charge in [-0.15, -0.1) is 11.8 Å². The molecule has 0 aromatic heterocycles. The first kappa shape index (κ1) is 18.5. The molecule has 3 nitrogen and oxygen atoms in total. The number of oxime groups is 1. The van der Waals surface area contributed by atoms with Crippen LogP contribution in [0.2, 0.25) is 10.0 Å². The maximum atomic E-state index is 12.3. The predicted octanol–water partition coefficient (Wildman–Crippen LogP) is 5.68. The summed E-state index contributed by atoms with van der Waals surface area (Å²) in [4.78, 5) is 5.25. The fourth-order valence-corrected chi connectivity index (χ4v) is 3.46. The fraction of sp³-hybridized carbons (Fsp3) is 0.500. The van der Waals surface area contributed by atoms with E-state index in [1.165, 1.54) is 23.9 Å².